The second-order valence-electron chi connectivity index (χ2n) is 6.66. The molecule has 3 rings (SSSR count). The van der Waals surface area contributed by atoms with Crippen molar-refractivity contribution in [1.82, 2.24) is 15.1 Å². The van der Waals surface area contributed by atoms with E-state index in [2.05, 4.69) is 46.7 Å². The Labute approximate surface area is 180 Å². The standard InChI is InChI=1S/C22H26N4OS2/c1-2-3-14-23-21-24-25-22(29-21)28-17-20(27)26(15-18-10-6-4-7-11-18)16-19-12-8-5-9-13-19/h4-13H,2-3,14-17H2,1H3,(H,23,24). The molecule has 1 heterocycles. The van der Waals surface area contributed by atoms with Gasteiger partial charge in [0.15, 0.2) is 4.34 Å². The molecular weight excluding hydrogens is 400 g/mol. The molecule has 0 spiro atoms. The number of anilines is 1. The molecule has 5 nitrogen and oxygen atoms in total. The average molecular weight is 427 g/mol. The summed E-state index contributed by atoms with van der Waals surface area (Å²) in [4.78, 5) is 14.9. The minimum atomic E-state index is 0.0957. The number of nitrogens with one attached hydrogen (secondary N) is 1. The maximum Gasteiger partial charge on any atom is 0.233 e. The third-order valence-corrected chi connectivity index (χ3v) is 6.32. The quantitative estimate of drug-likeness (QED) is 0.343. The fourth-order valence-electron chi connectivity index (χ4n) is 2.77. The van der Waals surface area contributed by atoms with Gasteiger partial charge in [-0.2, -0.15) is 0 Å². The highest BCUT2D eigenvalue weighted by Gasteiger charge is 2.16. The van der Waals surface area contributed by atoms with Crippen LogP contribution in [0.25, 0.3) is 0 Å². The van der Waals surface area contributed by atoms with Gasteiger partial charge in [0.2, 0.25) is 11.0 Å². The first-order valence-electron chi connectivity index (χ1n) is 9.80. The molecule has 0 saturated carbocycles. The predicted molar refractivity (Wildman–Crippen MR) is 121 cm³/mol. The smallest absolute Gasteiger partial charge is 0.233 e. The fraction of sp³-hybridized carbons (Fsp3) is 0.318. The lowest BCUT2D eigenvalue weighted by atomic mass is 10.1. The van der Waals surface area contributed by atoms with Crippen molar-refractivity contribution >= 4 is 34.1 Å². The van der Waals surface area contributed by atoms with Crippen LogP contribution in [0, 0.1) is 0 Å². The van der Waals surface area contributed by atoms with Gasteiger partial charge in [-0.3, -0.25) is 4.79 Å². The zero-order chi connectivity index (χ0) is 20.3. The molecule has 1 aromatic heterocycles. The Hall–Kier alpha value is -2.38. The zero-order valence-electron chi connectivity index (χ0n) is 16.6. The van der Waals surface area contributed by atoms with Gasteiger partial charge < -0.3 is 10.2 Å². The Morgan fingerprint density at radius 3 is 2.21 bits per heavy atom. The Morgan fingerprint density at radius 2 is 1.62 bits per heavy atom. The summed E-state index contributed by atoms with van der Waals surface area (Å²) >= 11 is 2.96. The lowest BCUT2D eigenvalue weighted by Crippen LogP contribution is -2.31. The van der Waals surface area contributed by atoms with E-state index in [1.165, 1.54) is 23.1 Å². The number of unbranched alkanes of at least 4 members (excludes halogenated alkanes) is 1. The maximum atomic E-state index is 13.0. The zero-order valence-corrected chi connectivity index (χ0v) is 18.2. The van der Waals surface area contributed by atoms with Crippen LogP contribution in [-0.2, 0) is 17.9 Å². The molecule has 0 unspecified atom stereocenters. The number of hydrogen-bond donors (Lipinski definition) is 1. The molecule has 0 aliphatic carbocycles. The van der Waals surface area contributed by atoms with Gasteiger partial charge in [0, 0.05) is 19.6 Å². The topological polar surface area (TPSA) is 58.1 Å². The first-order valence-corrected chi connectivity index (χ1v) is 11.6. The van der Waals surface area contributed by atoms with Gasteiger partial charge in [-0.05, 0) is 17.5 Å². The van der Waals surface area contributed by atoms with Crippen LogP contribution in [0.1, 0.15) is 30.9 Å². The summed E-state index contributed by atoms with van der Waals surface area (Å²) in [6, 6.07) is 20.2. The van der Waals surface area contributed by atoms with Crippen LogP contribution in [0.4, 0.5) is 5.13 Å². The lowest BCUT2D eigenvalue weighted by molar-refractivity contribution is -0.129. The number of nitrogens with zero attached hydrogens (tertiary/aromatic N) is 3. The first kappa shape index (κ1) is 21.3. The molecule has 1 amide bonds. The van der Waals surface area contributed by atoms with Gasteiger partial charge in [-0.15, -0.1) is 10.2 Å². The van der Waals surface area contributed by atoms with Crippen LogP contribution in [0.2, 0.25) is 0 Å². The van der Waals surface area contributed by atoms with Crippen molar-refractivity contribution in [3.05, 3.63) is 71.8 Å². The highest BCUT2D eigenvalue weighted by molar-refractivity contribution is 8.01. The monoisotopic (exact) mass is 426 g/mol. The molecule has 3 aromatic rings. The molecular formula is C22H26N4OS2. The molecule has 0 aliphatic heterocycles. The summed E-state index contributed by atoms with van der Waals surface area (Å²) in [5, 5.41) is 12.4. The third-order valence-electron chi connectivity index (χ3n) is 4.32. The first-order chi connectivity index (χ1) is 14.2. The summed E-state index contributed by atoms with van der Waals surface area (Å²) in [7, 11) is 0. The van der Waals surface area contributed by atoms with E-state index < -0.39 is 0 Å². The molecule has 0 fully saturated rings. The van der Waals surface area contributed by atoms with Crippen LogP contribution < -0.4 is 5.32 Å². The van der Waals surface area contributed by atoms with E-state index in [-0.39, 0.29) is 5.91 Å². The molecule has 0 saturated heterocycles. The average Bonchev–Trinajstić information content (AvgIpc) is 3.21. The molecule has 7 heteroatoms. The van der Waals surface area contributed by atoms with E-state index in [1.807, 2.05) is 41.3 Å². The second-order valence-corrected chi connectivity index (χ2v) is 8.86. The number of carbonyl (C=O) groups excluding carboxylic acids is 1. The number of amides is 1. The molecule has 0 aliphatic rings. The second kappa shape index (κ2) is 11.6. The van der Waals surface area contributed by atoms with E-state index in [1.54, 1.807) is 0 Å². The van der Waals surface area contributed by atoms with E-state index in [0.717, 1.165) is 40.0 Å². The van der Waals surface area contributed by atoms with Crippen LogP contribution >= 0.6 is 23.1 Å². The normalized spacial score (nSPS) is 10.7. The number of hydrogen-bond acceptors (Lipinski definition) is 6. The molecule has 2 aromatic carbocycles. The Balaban J connectivity index is 1.60. The van der Waals surface area contributed by atoms with E-state index in [4.69, 9.17) is 0 Å². The molecule has 1 N–H and O–H groups in total. The molecule has 152 valence electrons. The number of rotatable bonds is 11. The molecule has 0 radical (unpaired) electrons. The van der Waals surface area contributed by atoms with Crippen molar-refractivity contribution in [3.8, 4) is 0 Å². The van der Waals surface area contributed by atoms with Crippen molar-refractivity contribution in [3.63, 3.8) is 0 Å². The minimum Gasteiger partial charge on any atom is -0.360 e. The summed E-state index contributed by atoms with van der Waals surface area (Å²) in [5.74, 6) is 0.446. The van der Waals surface area contributed by atoms with Crippen molar-refractivity contribution in [2.45, 2.75) is 37.2 Å². The lowest BCUT2D eigenvalue weighted by Gasteiger charge is -2.23. The number of thioether (sulfide) groups is 1. The Morgan fingerprint density at radius 1 is 1.00 bits per heavy atom. The summed E-state index contributed by atoms with van der Waals surface area (Å²) in [6.07, 6.45) is 2.25. The van der Waals surface area contributed by atoms with E-state index >= 15 is 0 Å². The van der Waals surface area contributed by atoms with Crippen LogP contribution in [0.5, 0.6) is 0 Å². The van der Waals surface area contributed by atoms with Crippen LogP contribution in [-0.4, -0.2) is 33.3 Å². The van der Waals surface area contributed by atoms with Crippen molar-refractivity contribution in [1.29, 1.82) is 0 Å². The van der Waals surface area contributed by atoms with E-state index in [0.29, 0.717) is 18.8 Å². The largest absolute Gasteiger partial charge is 0.360 e. The van der Waals surface area contributed by atoms with Gasteiger partial charge >= 0.3 is 0 Å². The van der Waals surface area contributed by atoms with Crippen LogP contribution in [0.3, 0.4) is 0 Å². The minimum absolute atomic E-state index is 0.0957. The van der Waals surface area contributed by atoms with Gasteiger partial charge in [0.1, 0.15) is 0 Å². The maximum absolute atomic E-state index is 13.0. The number of aromatic nitrogens is 2. The Bertz CT molecular complexity index is 829. The van der Waals surface area contributed by atoms with Crippen molar-refractivity contribution in [2.75, 3.05) is 17.6 Å². The number of carbonyl (C=O) groups is 1. The fourth-order valence-corrected chi connectivity index (χ4v) is 4.45. The van der Waals surface area contributed by atoms with Crippen molar-refractivity contribution < 1.29 is 4.79 Å². The molecule has 0 bridgehead atoms. The van der Waals surface area contributed by atoms with Crippen molar-refractivity contribution in [2.24, 2.45) is 0 Å². The Kier molecular flexibility index (Phi) is 8.52. The summed E-state index contributed by atoms with van der Waals surface area (Å²) in [6.45, 7) is 4.24. The predicted octanol–water partition coefficient (Wildman–Crippen LogP) is 5.07. The molecule has 0 atom stereocenters. The molecule has 29 heavy (non-hydrogen) atoms. The number of benzene rings is 2. The third kappa shape index (κ3) is 7.18. The highest BCUT2D eigenvalue weighted by atomic mass is 32.2. The summed E-state index contributed by atoms with van der Waals surface area (Å²) < 4.78 is 0.816. The van der Waals surface area contributed by atoms with Gasteiger partial charge in [0.25, 0.3) is 0 Å². The van der Waals surface area contributed by atoms with Crippen LogP contribution in [0.15, 0.2) is 65.0 Å². The van der Waals surface area contributed by atoms with Gasteiger partial charge in [-0.1, -0.05) is 97.1 Å². The summed E-state index contributed by atoms with van der Waals surface area (Å²) in [5.41, 5.74) is 2.25. The highest BCUT2D eigenvalue weighted by Crippen LogP contribution is 2.26. The van der Waals surface area contributed by atoms with Gasteiger partial charge in [0.05, 0.1) is 5.75 Å². The van der Waals surface area contributed by atoms with Gasteiger partial charge in [-0.25, -0.2) is 0 Å². The SMILES string of the molecule is CCCCNc1nnc(SCC(=O)N(Cc2ccccc2)Cc2ccccc2)s1. The van der Waals surface area contributed by atoms with E-state index in [9.17, 15) is 4.79 Å².